The molecule has 33 heavy (non-hydrogen) atoms. The number of anilines is 1. The largest absolute Gasteiger partial charge is 0.497 e. The van der Waals surface area contributed by atoms with Crippen LogP contribution in [0.15, 0.2) is 66.9 Å². The Bertz CT molecular complexity index is 1210. The van der Waals surface area contributed by atoms with Crippen LogP contribution in [0.1, 0.15) is 13.0 Å². The van der Waals surface area contributed by atoms with Crippen LogP contribution in [0.25, 0.3) is 22.8 Å². The highest BCUT2D eigenvalue weighted by Crippen LogP contribution is 2.29. The molecule has 7 nitrogen and oxygen atoms in total. The van der Waals surface area contributed by atoms with Crippen molar-refractivity contribution >= 4 is 5.82 Å². The smallest absolute Gasteiger partial charge is 0.183 e. The molecule has 0 amide bonds. The molecule has 0 aliphatic heterocycles. The van der Waals surface area contributed by atoms with Crippen molar-refractivity contribution in [1.82, 2.24) is 19.7 Å². The lowest BCUT2D eigenvalue weighted by Gasteiger charge is -2.16. The maximum Gasteiger partial charge on any atom is 0.183 e. The Labute approximate surface area is 192 Å². The maximum atomic E-state index is 15.0. The molecule has 0 N–H and O–H groups in total. The van der Waals surface area contributed by atoms with Crippen molar-refractivity contribution in [1.29, 1.82) is 0 Å². The number of hydrogen-bond donors (Lipinski definition) is 0. The molecule has 0 saturated heterocycles. The van der Waals surface area contributed by atoms with Crippen molar-refractivity contribution < 1.29 is 13.9 Å². The number of nitrogens with zero attached hydrogens (tertiary/aromatic N) is 5. The lowest BCUT2D eigenvalue weighted by molar-refractivity contribution is 0.252. The van der Waals surface area contributed by atoms with E-state index in [0.29, 0.717) is 29.6 Å². The van der Waals surface area contributed by atoms with E-state index in [4.69, 9.17) is 14.6 Å². The number of rotatable bonds is 8. The van der Waals surface area contributed by atoms with E-state index in [-0.39, 0.29) is 6.04 Å². The lowest BCUT2D eigenvalue weighted by Crippen LogP contribution is -2.17. The average Bonchev–Trinajstić information content (AvgIpc) is 3.28. The maximum absolute atomic E-state index is 15.0. The first kappa shape index (κ1) is 22.3. The summed E-state index contributed by atoms with van der Waals surface area (Å²) in [7, 11) is 5.35. The van der Waals surface area contributed by atoms with Crippen LogP contribution in [0.5, 0.6) is 11.5 Å². The molecule has 0 bridgehead atoms. The van der Waals surface area contributed by atoms with E-state index in [1.807, 2.05) is 68.4 Å². The Hall–Kier alpha value is -3.94. The molecular formula is C25H26FN5O2. The summed E-state index contributed by atoms with van der Waals surface area (Å²) < 4.78 is 27.7. The molecule has 170 valence electrons. The lowest BCUT2D eigenvalue weighted by atomic mass is 10.2. The zero-order valence-electron chi connectivity index (χ0n) is 19.1. The zero-order chi connectivity index (χ0) is 23.4. The van der Waals surface area contributed by atoms with Gasteiger partial charge in [-0.2, -0.15) is 0 Å². The summed E-state index contributed by atoms with van der Waals surface area (Å²) in [5.41, 5.74) is 1.07. The normalized spacial score (nSPS) is 11.8. The van der Waals surface area contributed by atoms with Crippen molar-refractivity contribution in [3.63, 3.8) is 0 Å². The predicted octanol–water partition coefficient (Wildman–Crippen LogP) is 4.86. The number of halogens is 1. The van der Waals surface area contributed by atoms with Crippen molar-refractivity contribution in [2.45, 2.75) is 13.0 Å². The number of hydrogen-bond acceptors (Lipinski definition) is 6. The first-order valence-corrected chi connectivity index (χ1v) is 10.6. The van der Waals surface area contributed by atoms with Crippen molar-refractivity contribution in [2.24, 2.45) is 0 Å². The number of methoxy groups -OCH3 is 1. The molecule has 2 aromatic heterocycles. The van der Waals surface area contributed by atoms with E-state index in [1.54, 1.807) is 23.0 Å². The Kier molecular flexibility index (Phi) is 6.53. The molecule has 0 aliphatic carbocycles. The summed E-state index contributed by atoms with van der Waals surface area (Å²) in [6.45, 7) is 2.30. The Morgan fingerprint density at radius 2 is 1.82 bits per heavy atom. The van der Waals surface area contributed by atoms with Gasteiger partial charge in [-0.05, 0) is 43.3 Å². The topological polar surface area (TPSA) is 65.3 Å². The minimum atomic E-state index is -0.438. The standard InChI is InChI=1S/C25H26FN5O2/c1-17(16-33-19-8-6-5-7-9-19)31-25(21-12-11-20(32-4)14-22(21)26)28-24(29-31)18-10-13-23(27-15-18)30(2)3/h5-15,17H,16H2,1-4H3. The van der Waals surface area contributed by atoms with Gasteiger partial charge in [0.1, 0.15) is 29.7 Å². The third kappa shape index (κ3) is 4.95. The molecule has 8 heteroatoms. The monoisotopic (exact) mass is 447 g/mol. The number of para-hydroxylation sites is 1. The van der Waals surface area contributed by atoms with Crippen molar-refractivity contribution in [3.05, 3.63) is 72.7 Å². The van der Waals surface area contributed by atoms with Crippen molar-refractivity contribution in [2.75, 3.05) is 32.7 Å². The highest BCUT2D eigenvalue weighted by molar-refractivity contribution is 5.63. The second kappa shape index (κ2) is 9.68. The summed E-state index contributed by atoms with van der Waals surface area (Å²) in [6.07, 6.45) is 1.72. The predicted molar refractivity (Wildman–Crippen MR) is 126 cm³/mol. The van der Waals surface area contributed by atoms with Gasteiger partial charge >= 0.3 is 0 Å². The third-order valence-corrected chi connectivity index (χ3v) is 5.16. The molecule has 4 rings (SSSR count). The first-order chi connectivity index (χ1) is 16.0. The summed E-state index contributed by atoms with van der Waals surface area (Å²) in [4.78, 5) is 11.0. The number of pyridine rings is 1. The summed E-state index contributed by atoms with van der Waals surface area (Å²) in [5, 5.41) is 4.70. The molecule has 2 heterocycles. The van der Waals surface area contributed by atoms with Crippen LogP contribution in [0, 0.1) is 5.82 Å². The van der Waals surface area contributed by atoms with Crippen LogP contribution < -0.4 is 14.4 Å². The molecule has 0 fully saturated rings. The van der Waals surface area contributed by atoms with Crippen molar-refractivity contribution in [3.8, 4) is 34.3 Å². The highest BCUT2D eigenvalue weighted by Gasteiger charge is 2.21. The van der Waals surface area contributed by atoms with Crippen LogP contribution in [0.2, 0.25) is 0 Å². The van der Waals surface area contributed by atoms with Gasteiger partial charge in [-0.3, -0.25) is 0 Å². The average molecular weight is 448 g/mol. The van der Waals surface area contributed by atoms with Gasteiger partial charge in [0.2, 0.25) is 0 Å². The minimum absolute atomic E-state index is 0.211. The van der Waals surface area contributed by atoms with E-state index in [2.05, 4.69) is 9.97 Å². The molecule has 4 aromatic rings. The first-order valence-electron chi connectivity index (χ1n) is 10.6. The van der Waals surface area contributed by atoms with E-state index >= 15 is 0 Å². The molecule has 0 spiro atoms. The number of benzene rings is 2. The Morgan fingerprint density at radius 1 is 1.03 bits per heavy atom. The Morgan fingerprint density at radius 3 is 2.45 bits per heavy atom. The SMILES string of the molecule is COc1ccc(-c2nc(-c3ccc(N(C)C)nc3)nn2C(C)COc2ccccc2)c(F)c1. The van der Waals surface area contributed by atoms with Gasteiger partial charge in [-0.15, -0.1) is 5.10 Å². The molecule has 0 aliphatic rings. The quantitative estimate of drug-likeness (QED) is 0.384. The van der Waals surface area contributed by atoms with Gasteiger partial charge in [0.25, 0.3) is 0 Å². The van der Waals surface area contributed by atoms with Crippen LogP contribution in [-0.2, 0) is 0 Å². The van der Waals surface area contributed by atoms with Crippen LogP contribution in [0.4, 0.5) is 10.2 Å². The Balaban J connectivity index is 1.71. The fraction of sp³-hybridized carbons (Fsp3) is 0.240. The molecule has 1 unspecified atom stereocenters. The second-order valence-electron chi connectivity index (χ2n) is 7.82. The van der Waals surface area contributed by atoms with Crippen LogP contribution in [-0.4, -0.2) is 47.6 Å². The summed E-state index contributed by atoms with van der Waals surface area (Å²) in [6, 6.07) is 17.8. The summed E-state index contributed by atoms with van der Waals surface area (Å²) >= 11 is 0. The van der Waals surface area contributed by atoms with Gasteiger partial charge in [0.05, 0.1) is 18.7 Å². The minimum Gasteiger partial charge on any atom is -0.497 e. The molecule has 2 aromatic carbocycles. The molecule has 1 atom stereocenters. The van der Waals surface area contributed by atoms with E-state index in [1.165, 1.54) is 13.2 Å². The molecule has 0 radical (unpaired) electrons. The zero-order valence-corrected chi connectivity index (χ0v) is 19.1. The molecular weight excluding hydrogens is 421 g/mol. The number of ether oxygens (including phenoxy) is 2. The van der Waals surface area contributed by atoms with Crippen LogP contribution in [0.3, 0.4) is 0 Å². The van der Waals surface area contributed by atoms with Crippen LogP contribution >= 0.6 is 0 Å². The van der Waals surface area contributed by atoms with Gasteiger partial charge in [0.15, 0.2) is 11.6 Å². The number of aromatic nitrogens is 4. The third-order valence-electron chi connectivity index (χ3n) is 5.16. The van der Waals surface area contributed by atoms with E-state index in [0.717, 1.165) is 17.1 Å². The fourth-order valence-corrected chi connectivity index (χ4v) is 3.33. The molecule has 0 saturated carbocycles. The fourth-order valence-electron chi connectivity index (χ4n) is 3.33. The second-order valence-corrected chi connectivity index (χ2v) is 7.82. The van der Waals surface area contributed by atoms with Gasteiger partial charge < -0.3 is 14.4 Å². The highest BCUT2D eigenvalue weighted by atomic mass is 19.1. The van der Waals surface area contributed by atoms with Gasteiger partial charge in [-0.1, -0.05) is 18.2 Å². The van der Waals surface area contributed by atoms with Gasteiger partial charge in [0, 0.05) is 31.9 Å². The van der Waals surface area contributed by atoms with E-state index in [9.17, 15) is 4.39 Å². The van der Waals surface area contributed by atoms with Gasteiger partial charge in [-0.25, -0.2) is 19.0 Å². The van der Waals surface area contributed by atoms with E-state index < -0.39 is 5.82 Å². The summed E-state index contributed by atoms with van der Waals surface area (Å²) in [5.74, 6) is 2.45.